The van der Waals surface area contributed by atoms with Gasteiger partial charge in [-0.3, -0.25) is 14.5 Å². The number of rotatable bonds is 4. The third-order valence-electron chi connectivity index (χ3n) is 5.48. The van der Waals surface area contributed by atoms with Gasteiger partial charge in [0.25, 0.3) is 5.91 Å². The Morgan fingerprint density at radius 3 is 2.55 bits per heavy atom. The van der Waals surface area contributed by atoms with E-state index < -0.39 is 47.3 Å². The summed E-state index contributed by atoms with van der Waals surface area (Å²) in [6.07, 6.45) is 2.96. The van der Waals surface area contributed by atoms with Crippen LogP contribution in [0, 0.1) is 11.6 Å². The van der Waals surface area contributed by atoms with Crippen LogP contribution in [-0.4, -0.2) is 29.3 Å². The smallest absolute Gasteiger partial charge is 0.320 e. The molecule has 0 saturated carbocycles. The van der Waals surface area contributed by atoms with Crippen molar-refractivity contribution < 1.29 is 23.2 Å². The molecule has 4 rings (SSSR count). The van der Waals surface area contributed by atoms with Crippen LogP contribution in [0.25, 0.3) is 0 Å². The molecule has 1 aliphatic heterocycles. The molecule has 2 aromatic carbocycles. The number of fused-ring (bicyclic) bond motifs is 1. The summed E-state index contributed by atoms with van der Waals surface area (Å²) >= 11 is 0. The van der Waals surface area contributed by atoms with Gasteiger partial charge in [0.2, 0.25) is 5.91 Å². The van der Waals surface area contributed by atoms with Gasteiger partial charge in [0.05, 0.1) is 0 Å². The molecular formula is C21H19F2N3O3. The summed E-state index contributed by atoms with van der Waals surface area (Å²) < 4.78 is 27.4. The van der Waals surface area contributed by atoms with Crippen molar-refractivity contribution in [1.82, 2.24) is 10.2 Å². The zero-order chi connectivity index (χ0) is 20.8. The van der Waals surface area contributed by atoms with E-state index in [1.54, 1.807) is 13.0 Å². The highest BCUT2D eigenvalue weighted by Gasteiger charge is 2.49. The number of benzene rings is 2. The summed E-state index contributed by atoms with van der Waals surface area (Å²) in [6.45, 7) is 0.928. The zero-order valence-corrected chi connectivity index (χ0v) is 15.7. The normalized spacial score (nSPS) is 20.6. The molecule has 0 unspecified atom stereocenters. The van der Waals surface area contributed by atoms with E-state index in [1.165, 1.54) is 11.6 Å². The van der Waals surface area contributed by atoms with Gasteiger partial charge in [-0.05, 0) is 55.0 Å². The highest BCUT2D eigenvalue weighted by Crippen LogP contribution is 2.32. The largest absolute Gasteiger partial charge is 0.325 e. The van der Waals surface area contributed by atoms with Gasteiger partial charge in [0, 0.05) is 0 Å². The van der Waals surface area contributed by atoms with Gasteiger partial charge in [-0.2, -0.15) is 0 Å². The lowest BCUT2D eigenvalue weighted by Gasteiger charge is -2.23. The van der Waals surface area contributed by atoms with Crippen LogP contribution in [0.2, 0.25) is 0 Å². The monoisotopic (exact) mass is 399 g/mol. The van der Waals surface area contributed by atoms with Crippen LogP contribution in [0.15, 0.2) is 36.4 Å². The number of para-hydroxylation sites is 1. The molecule has 0 radical (unpaired) electrons. The van der Waals surface area contributed by atoms with Crippen LogP contribution in [0.5, 0.6) is 0 Å². The molecule has 0 bridgehead atoms. The summed E-state index contributed by atoms with van der Waals surface area (Å²) in [6, 6.07) is 8.11. The van der Waals surface area contributed by atoms with E-state index in [4.69, 9.17) is 0 Å². The number of carbonyl (C=O) groups excluding carboxylic acids is 3. The first kappa shape index (κ1) is 19.0. The molecule has 1 aliphatic carbocycles. The second-order valence-electron chi connectivity index (χ2n) is 7.43. The van der Waals surface area contributed by atoms with Crippen molar-refractivity contribution in [2.24, 2.45) is 0 Å². The van der Waals surface area contributed by atoms with E-state index >= 15 is 0 Å². The summed E-state index contributed by atoms with van der Waals surface area (Å²) in [5, 5.41) is 4.72. The van der Waals surface area contributed by atoms with E-state index in [0.717, 1.165) is 41.9 Å². The molecular weight excluding hydrogens is 380 g/mol. The molecule has 1 atom stereocenters. The molecule has 29 heavy (non-hydrogen) atoms. The number of amides is 4. The van der Waals surface area contributed by atoms with E-state index in [0.29, 0.717) is 5.56 Å². The average Bonchev–Trinajstić information content (AvgIpc) is 3.23. The van der Waals surface area contributed by atoms with Crippen LogP contribution in [0.3, 0.4) is 0 Å². The summed E-state index contributed by atoms with van der Waals surface area (Å²) in [5.41, 5.74) is 1.10. The Kier molecular flexibility index (Phi) is 4.56. The van der Waals surface area contributed by atoms with Crippen LogP contribution in [-0.2, 0) is 28.0 Å². The maximum absolute atomic E-state index is 13.7. The minimum atomic E-state index is -1.31. The number of hydrogen-bond donors (Lipinski definition) is 2. The van der Waals surface area contributed by atoms with E-state index in [-0.39, 0.29) is 0 Å². The minimum Gasteiger partial charge on any atom is -0.320 e. The van der Waals surface area contributed by atoms with Crippen molar-refractivity contribution >= 4 is 23.5 Å². The fraction of sp³-hybridized carbons (Fsp3) is 0.286. The molecule has 8 heteroatoms. The molecule has 0 spiro atoms. The first-order valence-electron chi connectivity index (χ1n) is 9.30. The Labute approximate surface area is 165 Å². The second kappa shape index (κ2) is 6.95. The number of nitrogens with one attached hydrogen (secondary N) is 2. The Morgan fingerprint density at radius 2 is 1.83 bits per heavy atom. The Hall–Kier alpha value is -3.29. The number of anilines is 1. The highest BCUT2D eigenvalue weighted by molar-refractivity contribution is 6.10. The zero-order valence-electron chi connectivity index (χ0n) is 15.7. The van der Waals surface area contributed by atoms with Gasteiger partial charge in [0.1, 0.15) is 29.4 Å². The minimum absolute atomic E-state index is 0.593. The van der Waals surface area contributed by atoms with Crippen molar-refractivity contribution in [1.29, 1.82) is 0 Å². The van der Waals surface area contributed by atoms with Gasteiger partial charge in [-0.1, -0.05) is 24.3 Å². The third kappa shape index (κ3) is 3.24. The Morgan fingerprint density at radius 1 is 1.14 bits per heavy atom. The first-order chi connectivity index (χ1) is 13.8. The number of imide groups is 1. The molecule has 4 amide bonds. The standard InChI is InChI=1S/C21H19F2N3O3/c1-21(14-9-8-12-4-2-5-13(12)10-14)19(28)26(20(29)25-21)11-17(27)24-18-15(22)6-3-7-16(18)23/h3,6-10H,2,4-5,11H2,1H3,(H,24,27)(H,25,29)/t21-/m0/s1. The number of carbonyl (C=O) groups is 3. The Balaban J connectivity index is 1.53. The van der Waals surface area contributed by atoms with Gasteiger partial charge < -0.3 is 10.6 Å². The summed E-state index contributed by atoms with van der Waals surface area (Å²) in [7, 11) is 0. The van der Waals surface area contributed by atoms with Crippen molar-refractivity contribution in [2.75, 3.05) is 11.9 Å². The SMILES string of the molecule is C[C@@]1(c2ccc3c(c2)CCC3)NC(=O)N(CC(=O)Nc2c(F)cccc2F)C1=O. The number of hydrogen-bond acceptors (Lipinski definition) is 3. The number of halogens is 2. The van der Waals surface area contributed by atoms with Gasteiger partial charge in [-0.15, -0.1) is 0 Å². The molecule has 2 aliphatic rings. The molecule has 2 aromatic rings. The fourth-order valence-corrected chi connectivity index (χ4v) is 3.86. The van der Waals surface area contributed by atoms with Crippen LogP contribution >= 0.6 is 0 Å². The molecule has 2 N–H and O–H groups in total. The number of urea groups is 1. The van der Waals surface area contributed by atoms with Crippen molar-refractivity contribution in [3.8, 4) is 0 Å². The van der Waals surface area contributed by atoms with Crippen molar-refractivity contribution in [2.45, 2.75) is 31.7 Å². The average molecular weight is 399 g/mol. The van der Waals surface area contributed by atoms with E-state index in [9.17, 15) is 23.2 Å². The molecule has 0 aromatic heterocycles. The van der Waals surface area contributed by atoms with E-state index in [2.05, 4.69) is 10.6 Å². The first-order valence-corrected chi connectivity index (χ1v) is 9.30. The van der Waals surface area contributed by atoms with Crippen LogP contribution < -0.4 is 10.6 Å². The quantitative estimate of drug-likeness (QED) is 0.776. The lowest BCUT2D eigenvalue weighted by atomic mass is 9.89. The number of aryl methyl sites for hydroxylation is 2. The molecule has 6 nitrogen and oxygen atoms in total. The topological polar surface area (TPSA) is 78.5 Å². The van der Waals surface area contributed by atoms with Crippen molar-refractivity contribution in [3.05, 3.63) is 64.7 Å². The summed E-state index contributed by atoms with van der Waals surface area (Å²) in [4.78, 5) is 38.4. The maximum atomic E-state index is 13.7. The Bertz CT molecular complexity index is 1020. The lowest BCUT2D eigenvalue weighted by molar-refractivity contribution is -0.133. The van der Waals surface area contributed by atoms with Crippen LogP contribution in [0.1, 0.15) is 30.0 Å². The van der Waals surface area contributed by atoms with Crippen LogP contribution in [0.4, 0.5) is 19.3 Å². The molecule has 1 saturated heterocycles. The third-order valence-corrected chi connectivity index (χ3v) is 5.48. The predicted octanol–water partition coefficient (Wildman–Crippen LogP) is 2.86. The molecule has 150 valence electrons. The maximum Gasteiger partial charge on any atom is 0.325 e. The highest BCUT2D eigenvalue weighted by atomic mass is 19.1. The second-order valence-corrected chi connectivity index (χ2v) is 7.43. The van der Waals surface area contributed by atoms with Gasteiger partial charge in [0.15, 0.2) is 0 Å². The summed E-state index contributed by atoms with van der Waals surface area (Å²) in [5.74, 6) is -3.36. The number of nitrogens with zero attached hydrogens (tertiary/aromatic N) is 1. The van der Waals surface area contributed by atoms with E-state index in [1.807, 2.05) is 12.1 Å². The van der Waals surface area contributed by atoms with Gasteiger partial charge >= 0.3 is 6.03 Å². The van der Waals surface area contributed by atoms with Crippen molar-refractivity contribution in [3.63, 3.8) is 0 Å². The molecule has 1 heterocycles. The fourth-order valence-electron chi connectivity index (χ4n) is 3.86. The lowest BCUT2D eigenvalue weighted by Crippen LogP contribution is -2.42. The predicted molar refractivity (Wildman–Crippen MR) is 101 cm³/mol. The molecule has 1 fully saturated rings. The van der Waals surface area contributed by atoms with Gasteiger partial charge in [-0.25, -0.2) is 13.6 Å².